The molecule has 0 aromatic heterocycles. The summed E-state index contributed by atoms with van der Waals surface area (Å²) >= 11 is 5.11. The average molecular weight is 298 g/mol. The highest BCUT2D eigenvalue weighted by Crippen LogP contribution is 2.38. The first kappa shape index (κ1) is 15.7. The minimum atomic E-state index is -0.597. The van der Waals surface area contributed by atoms with Crippen molar-refractivity contribution < 1.29 is 9.53 Å². The van der Waals surface area contributed by atoms with E-state index in [1.165, 1.54) is 19.3 Å². The van der Waals surface area contributed by atoms with Crippen molar-refractivity contribution in [2.45, 2.75) is 63.9 Å². The highest BCUT2D eigenvalue weighted by molar-refractivity contribution is 7.80. The molecule has 0 radical (unpaired) electrons. The van der Waals surface area contributed by atoms with Crippen LogP contribution >= 0.6 is 12.2 Å². The average Bonchev–Trinajstić information content (AvgIpc) is 2.95. The van der Waals surface area contributed by atoms with Gasteiger partial charge >= 0.3 is 0 Å². The summed E-state index contributed by atoms with van der Waals surface area (Å²) in [6, 6.07) is 0. The van der Waals surface area contributed by atoms with Crippen LogP contribution in [0, 0.1) is 5.41 Å². The van der Waals surface area contributed by atoms with Gasteiger partial charge in [-0.25, -0.2) is 0 Å². The minimum absolute atomic E-state index is 0.00487. The standard InChI is InChI=1S/C15H26N2O2S/c16-13(20)15(8-4-5-9-15)14(18)17-10-11-19-12-6-2-1-3-7-12/h12H,1-11H2,(H2,16,20)(H,17,18). The van der Waals surface area contributed by atoms with Gasteiger partial charge in [0.05, 0.1) is 23.1 Å². The number of amides is 1. The predicted octanol–water partition coefficient (Wildman–Crippen LogP) is 2.30. The molecule has 0 aliphatic heterocycles. The lowest BCUT2D eigenvalue weighted by Crippen LogP contribution is -2.48. The molecule has 0 saturated heterocycles. The quantitative estimate of drug-likeness (QED) is 0.583. The van der Waals surface area contributed by atoms with E-state index in [4.69, 9.17) is 22.7 Å². The molecular weight excluding hydrogens is 272 g/mol. The molecule has 20 heavy (non-hydrogen) atoms. The van der Waals surface area contributed by atoms with E-state index in [-0.39, 0.29) is 5.91 Å². The second kappa shape index (κ2) is 7.36. The molecule has 0 aromatic rings. The van der Waals surface area contributed by atoms with Gasteiger partial charge in [0.1, 0.15) is 0 Å². The van der Waals surface area contributed by atoms with Crippen LogP contribution in [-0.2, 0) is 9.53 Å². The van der Waals surface area contributed by atoms with Crippen molar-refractivity contribution in [3.63, 3.8) is 0 Å². The van der Waals surface area contributed by atoms with Crippen LogP contribution in [0.5, 0.6) is 0 Å². The third-order valence-corrected chi connectivity index (χ3v) is 5.05. The Labute approximate surface area is 126 Å². The summed E-state index contributed by atoms with van der Waals surface area (Å²) in [5.41, 5.74) is 5.20. The first-order valence-electron chi connectivity index (χ1n) is 7.85. The number of nitrogens with two attached hydrogens (primary N) is 1. The van der Waals surface area contributed by atoms with E-state index in [0.717, 1.165) is 38.5 Å². The van der Waals surface area contributed by atoms with Gasteiger partial charge in [-0.3, -0.25) is 4.79 Å². The Balaban J connectivity index is 1.70. The monoisotopic (exact) mass is 298 g/mol. The summed E-state index contributed by atoms with van der Waals surface area (Å²) in [7, 11) is 0. The molecule has 2 aliphatic rings. The molecule has 2 rings (SSSR count). The van der Waals surface area contributed by atoms with Crippen molar-refractivity contribution in [3.05, 3.63) is 0 Å². The van der Waals surface area contributed by atoms with Crippen LogP contribution in [0.3, 0.4) is 0 Å². The summed E-state index contributed by atoms with van der Waals surface area (Å²) in [6.45, 7) is 1.14. The molecule has 0 spiro atoms. The first-order chi connectivity index (χ1) is 9.65. The molecule has 114 valence electrons. The van der Waals surface area contributed by atoms with Crippen molar-refractivity contribution in [1.82, 2.24) is 5.32 Å². The summed E-state index contributed by atoms with van der Waals surface area (Å²) < 4.78 is 5.81. The van der Waals surface area contributed by atoms with Gasteiger partial charge in [-0.1, -0.05) is 44.3 Å². The van der Waals surface area contributed by atoms with Crippen LogP contribution in [0.1, 0.15) is 57.8 Å². The van der Waals surface area contributed by atoms with Crippen molar-refractivity contribution >= 4 is 23.1 Å². The Morgan fingerprint density at radius 1 is 1.20 bits per heavy atom. The molecule has 1 amide bonds. The third-order valence-electron chi connectivity index (χ3n) is 4.66. The Hall–Kier alpha value is -0.680. The molecule has 0 heterocycles. The van der Waals surface area contributed by atoms with E-state index in [9.17, 15) is 4.79 Å². The lowest BCUT2D eigenvalue weighted by molar-refractivity contribution is -0.127. The number of thiocarbonyl (C=S) groups is 1. The zero-order valence-corrected chi connectivity index (χ0v) is 13.0. The van der Waals surface area contributed by atoms with E-state index in [1.54, 1.807) is 0 Å². The van der Waals surface area contributed by atoms with Gasteiger partial charge < -0.3 is 15.8 Å². The summed E-state index contributed by atoms with van der Waals surface area (Å²) in [6.07, 6.45) is 10.2. The molecule has 2 saturated carbocycles. The van der Waals surface area contributed by atoms with E-state index in [1.807, 2.05) is 0 Å². The molecule has 0 bridgehead atoms. The van der Waals surface area contributed by atoms with E-state index in [0.29, 0.717) is 24.2 Å². The fraction of sp³-hybridized carbons (Fsp3) is 0.867. The summed E-state index contributed by atoms with van der Waals surface area (Å²) in [5.74, 6) is -0.00487. The number of hydrogen-bond acceptors (Lipinski definition) is 3. The number of hydrogen-bond donors (Lipinski definition) is 2. The van der Waals surface area contributed by atoms with Crippen LogP contribution in [0.4, 0.5) is 0 Å². The molecule has 3 N–H and O–H groups in total. The van der Waals surface area contributed by atoms with Gasteiger partial charge in [0.15, 0.2) is 0 Å². The van der Waals surface area contributed by atoms with Crippen LogP contribution < -0.4 is 11.1 Å². The van der Waals surface area contributed by atoms with Crippen LogP contribution in [0.2, 0.25) is 0 Å². The molecule has 2 aliphatic carbocycles. The van der Waals surface area contributed by atoms with Crippen molar-refractivity contribution in [3.8, 4) is 0 Å². The van der Waals surface area contributed by atoms with E-state index < -0.39 is 5.41 Å². The Morgan fingerprint density at radius 3 is 2.45 bits per heavy atom. The first-order valence-corrected chi connectivity index (χ1v) is 8.26. The normalized spacial score (nSPS) is 22.6. The fourth-order valence-electron chi connectivity index (χ4n) is 3.36. The largest absolute Gasteiger partial charge is 0.392 e. The zero-order valence-electron chi connectivity index (χ0n) is 12.2. The molecule has 2 fully saturated rings. The molecule has 5 heteroatoms. The lowest BCUT2D eigenvalue weighted by atomic mass is 9.85. The second-order valence-corrected chi connectivity index (χ2v) is 6.48. The van der Waals surface area contributed by atoms with Gasteiger partial charge in [0.25, 0.3) is 0 Å². The van der Waals surface area contributed by atoms with Gasteiger partial charge in [0.2, 0.25) is 5.91 Å². The zero-order chi connectivity index (χ0) is 14.4. The molecular formula is C15H26N2O2S. The highest BCUT2D eigenvalue weighted by atomic mass is 32.1. The number of nitrogens with one attached hydrogen (secondary N) is 1. The van der Waals surface area contributed by atoms with Gasteiger partial charge in [-0.15, -0.1) is 0 Å². The number of ether oxygens (including phenoxy) is 1. The SMILES string of the molecule is NC(=S)C1(C(=O)NCCOC2CCCCC2)CCCC1. The predicted molar refractivity (Wildman–Crippen MR) is 83.5 cm³/mol. The molecule has 0 aromatic carbocycles. The Kier molecular flexibility index (Phi) is 5.78. The second-order valence-electron chi connectivity index (χ2n) is 6.04. The van der Waals surface area contributed by atoms with Crippen molar-refractivity contribution in [2.24, 2.45) is 11.1 Å². The van der Waals surface area contributed by atoms with Crippen molar-refractivity contribution in [2.75, 3.05) is 13.2 Å². The minimum Gasteiger partial charge on any atom is -0.392 e. The van der Waals surface area contributed by atoms with Gasteiger partial charge in [-0.2, -0.15) is 0 Å². The van der Waals surface area contributed by atoms with E-state index >= 15 is 0 Å². The Morgan fingerprint density at radius 2 is 1.85 bits per heavy atom. The third kappa shape index (κ3) is 3.70. The van der Waals surface area contributed by atoms with Crippen LogP contribution in [0.15, 0.2) is 0 Å². The maximum absolute atomic E-state index is 12.3. The summed E-state index contributed by atoms with van der Waals surface area (Å²) in [4.78, 5) is 12.7. The molecule has 0 unspecified atom stereocenters. The Bertz CT molecular complexity index is 348. The van der Waals surface area contributed by atoms with Gasteiger partial charge in [-0.05, 0) is 25.7 Å². The summed E-state index contributed by atoms with van der Waals surface area (Å²) in [5, 5.41) is 2.95. The van der Waals surface area contributed by atoms with Crippen LogP contribution in [-0.4, -0.2) is 30.2 Å². The number of rotatable bonds is 6. The highest BCUT2D eigenvalue weighted by Gasteiger charge is 2.43. The number of carbonyl (C=O) groups is 1. The van der Waals surface area contributed by atoms with Gasteiger partial charge in [0, 0.05) is 6.54 Å². The smallest absolute Gasteiger partial charge is 0.233 e. The fourth-order valence-corrected chi connectivity index (χ4v) is 3.65. The maximum atomic E-state index is 12.3. The lowest BCUT2D eigenvalue weighted by Gasteiger charge is -2.27. The van der Waals surface area contributed by atoms with Crippen LogP contribution in [0.25, 0.3) is 0 Å². The topological polar surface area (TPSA) is 64.4 Å². The number of carbonyl (C=O) groups excluding carboxylic acids is 1. The van der Waals surface area contributed by atoms with Crippen molar-refractivity contribution in [1.29, 1.82) is 0 Å². The molecule has 4 nitrogen and oxygen atoms in total. The maximum Gasteiger partial charge on any atom is 0.233 e. The molecule has 0 atom stereocenters. The van der Waals surface area contributed by atoms with E-state index in [2.05, 4.69) is 5.32 Å².